The molecule has 0 amide bonds. The zero-order valence-corrected chi connectivity index (χ0v) is 11.5. The molecule has 0 aliphatic heterocycles. The molecule has 0 saturated carbocycles. The fourth-order valence-electron chi connectivity index (χ4n) is 1.76. The lowest BCUT2D eigenvalue weighted by Gasteiger charge is -2.14. The summed E-state index contributed by atoms with van der Waals surface area (Å²) < 4.78 is 37.1. The number of ether oxygens (including phenoxy) is 1. The van der Waals surface area contributed by atoms with Crippen molar-refractivity contribution in [3.63, 3.8) is 0 Å². The summed E-state index contributed by atoms with van der Waals surface area (Å²) in [6, 6.07) is 2.80. The van der Waals surface area contributed by atoms with Crippen molar-refractivity contribution in [1.29, 1.82) is 0 Å². The fourth-order valence-corrected chi connectivity index (χ4v) is 2.52. The van der Waals surface area contributed by atoms with Gasteiger partial charge in [-0.25, -0.2) is 0 Å². The molecule has 0 aromatic heterocycles. The van der Waals surface area contributed by atoms with Crippen molar-refractivity contribution in [3.05, 3.63) is 17.7 Å². The predicted molar refractivity (Wildman–Crippen MR) is 70.5 cm³/mol. The first-order chi connectivity index (χ1) is 8.41. The number of anilines is 1. The Morgan fingerprint density at radius 2 is 2.00 bits per heavy atom. The van der Waals surface area contributed by atoms with E-state index >= 15 is 0 Å². The smallest absolute Gasteiger partial charge is 0.294 e. The van der Waals surface area contributed by atoms with Gasteiger partial charge in [-0.3, -0.25) is 4.55 Å². The molecule has 0 atom stereocenters. The number of hydrogen-bond donors (Lipinski definition) is 2. The number of benzene rings is 1. The maximum atomic E-state index is 11.3. The molecule has 1 rings (SSSR count). The Kier molecular flexibility index (Phi) is 4.98. The van der Waals surface area contributed by atoms with Crippen LogP contribution in [0.5, 0.6) is 5.75 Å². The van der Waals surface area contributed by atoms with Crippen LogP contribution in [0, 0.1) is 0 Å². The topological polar surface area (TPSA) is 89.6 Å². The van der Waals surface area contributed by atoms with Crippen LogP contribution in [0.4, 0.5) is 5.69 Å². The minimum Gasteiger partial charge on any atom is -0.492 e. The van der Waals surface area contributed by atoms with Crippen LogP contribution in [-0.4, -0.2) is 19.6 Å². The Morgan fingerprint density at radius 1 is 1.33 bits per heavy atom. The average Bonchev–Trinajstić information content (AvgIpc) is 2.28. The maximum Gasteiger partial charge on any atom is 0.294 e. The predicted octanol–water partition coefficient (Wildman–Crippen LogP) is 2.26. The quantitative estimate of drug-likeness (QED) is 0.613. The minimum absolute atomic E-state index is 0.128. The summed E-state index contributed by atoms with van der Waals surface area (Å²) >= 11 is 0. The van der Waals surface area contributed by atoms with Gasteiger partial charge in [-0.2, -0.15) is 8.42 Å². The summed E-state index contributed by atoms with van der Waals surface area (Å²) in [5.41, 5.74) is 6.63. The van der Waals surface area contributed by atoms with E-state index in [1.54, 1.807) is 0 Å². The number of hydrogen-bond acceptors (Lipinski definition) is 4. The van der Waals surface area contributed by atoms with E-state index < -0.39 is 10.1 Å². The van der Waals surface area contributed by atoms with Crippen molar-refractivity contribution >= 4 is 15.8 Å². The highest BCUT2D eigenvalue weighted by molar-refractivity contribution is 7.85. The van der Waals surface area contributed by atoms with Gasteiger partial charge < -0.3 is 10.5 Å². The Labute approximate surface area is 108 Å². The highest BCUT2D eigenvalue weighted by Crippen LogP contribution is 2.32. The van der Waals surface area contributed by atoms with Crippen molar-refractivity contribution in [1.82, 2.24) is 0 Å². The Morgan fingerprint density at radius 3 is 2.50 bits per heavy atom. The van der Waals surface area contributed by atoms with Crippen LogP contribution in [0.25, 0.3) is 0 Å². The van der Waals surface area contributed by atoms with Crippen LogP contribution < -0.4 is 10.5 Å². The third-order valence-corrected chi connectivity index (χ3v) is 3.57. The average molecular weight is 273 g/mol. The SMILES string of the molecule is CCCCc1c(S(=O)(=O)O)ccc(OCC)c1N. The van der Waals surface area contributed by atoms with Gasteiger partial charge in [-0.1, -0.05) is 13.3 Å². The van der Waals surface area contributed by atoms with Crippen molar-refractivity contribution in [3.8, 4) is 5.75 Å². The van der Waals surface area contributed by atoms with E-state index in [0.29, 0.717) is 30.0 Å². The number of nitrogens with two attached hydrogens (primary N) is 1. The standard InChI is InChI=1S/C12H19NO4S/c1-3-5-6-9-11(18(14,15)16)8-7-10(12(9)13)17-4-2/h7-8H,3-6,13H2,1-2H3,(H,14,15,16). The minimum atomic E-state index is -4.25. The Hall–Kier alpha value is -1.27. The molecule has 1 aromatic carbocycles. The van der Waals surface area contributed by atoms with Gasteiger partial charge in [0.15, 0.2) is 0 Å². The first kappa shape index (κ1) is 14.8. The van der Waals surface area contributed by atoms with Crippen LogP contribution in [0.3, 0.4) is 0 Å². The molecule has 3 N–H and O–H groups in total. The Balaban J connectivity index is 3.32. The van der Waals surface area contributed by atoms with E-state index in [4.69, 9.17) is 10.5 Å². The van der Waals surface area contributed by atoms with Gasteiger partial charge in [0.1, 0.15) is 5.75 Å². The first-order valence-corrected chi connectivity index (χ1v) is 7.37. The first-order valence-electron chi connectivity index (χ1n) is 5.93. The summed E-state index contributed by atoms with van der Waals surface area (Å²) in [6.07, 6.45) is 2.20. The highest BCUT2D eigenvalue weighted by Gasteiger charge is 2.19. The number of rotatable bonds is 6. The van der Waals surface area contributed by atoms with Gasteiger partial charge in [-0.05, 0) is 37.5 Å². The molecule has 0 radical (unpaired) electrons. The summed E-state index contributed by atoms with van der Waals surface area (Å²) in [5, 5.41) is 0. The molecular weight excluding hydrogens is 254 g/mol. The number of nitrogen functional groups attached to an aromatic ring is 1. The van der Waals surface area contributed by atoms with Crippen LogP contribution in [0.1, 0.15) is 32.3 Å². The molecule has 0 aliphatic rings. The summed E-state index contributed by atoms with van der Waals surface area (Å²) in [4.78, 5) is -0.128. The maximum absolute atomic E-state index is 11.3. The summed E-state index contributed by atoms with van der Waals surface area (Å²) in [7, 11) is -4.25. The van der Waals surface area contributed by atoms with Crippen LogP contribution in [-0.2, 0) is 16.5 Å². The molecule has 0 bridgehead atoms. The van der Waals surface area contributed by atoms with E-state index in [1.807, 2.05) is 13.8 Å². The Bertz CT molecular complexity index is 511. The molecule has 1 aromatic rings. The molecule has 0 aliphatic carbocycles. The highest BCUT2D eigenvalue weighted by atomic mass is 32.2. The van der Waals surface area contributed by atoms with Crippen LogP contribution >= 0.6 is 0 Å². The fraction of sp³-hybridized carbons (Fsp3) is 0.500. The third-order valence-electron chi connectivity index (χ3n) is 2.63. The lowest BCUT2D eigenvalue weighted by Crippen LogP contribution is -2.08. The van der Waals surface area contributed by atoms with E-state index in [0.717, 1.165) is 12.8 Å². The van der Waals surface area contributed by atoms with Gasteiger partial charge >= 0.3 is 0 Å². The van der Waals surface area contributed by atoms with E-state index in [9.17, 15) is 13.0 Å². The van der Waals surface area contributed by atoms with Crippen LogP contribution in [0.2, 0.25) is 0 Å². The van der Waals surface area contributed by atoms with Crippen molar-refractivity contribution < 1.29 is 17.7 Å². The van der Waals surface area contributed by atoms with E-state index in [1.165, 1.54) is 12.1 Å². The molecule has 18 heavy (non-hydrogen) atoms. The molecule has 102 valence electrons. The lowest BCUT2D eigenvalue weighted by molar-refractivity contribution is 0.341. The van der Waals surface area contributed by atoms with Gasteiger partial charge in [0, 0.05) is 0 Å². The molecule has 0 fully saturated rings. The van der Waals surface area contributed by atoms with E-state index in [-0.39, 0.29) is 4.90 Å². The molecule has 0 heterocycles. The van der Waals surface area contributed by atoms with Gasteiger partial charge in [0.25, 0.3) is 10.1 Å². The molecular formula is C12H19NO4S. The molecule has 0 spiro atoms. The lowest BCUT2D eigenvalue weighted by atomic mass is 10.1. The second kappa shape index (κ2) is 6.06. The largest absolute Gasteiger partial charge is 0.492 e. The number of unbranched alkanes of at least 4 members (excludes halogenated alkanes) is 1. The zero-order valence-electron chi connectivity index (χ0n) is 10.6. The summed E-state index contributed by atoms with van der Waals surface area (Å²) in [6.45, 7) is 4.26. The second-order valence-corrected chi connectivity index (χ2v) is 5.36. The van der Waals surface area contributed by atoms with Gasteiger partial charge in [-0.15, -0.1) is 0 Å². The van der Waals surface area contributed by atoms with Crippen molar-refractivity contribution in [2.24, 2.45) is 0 Å². The van der Waals surface area contributed by atoms with E-state index in [2.05, 4.69) is 0 Å². The molecule has 5 nitrogen and oxygen atoms in total. The molecule has 0 saturated heterocycles. The van der Waals surface area contributed by atoms with Crippen molar-refractivity contribution in [2.75, 3.05) is 12.3 Å². The zero-order chi connectivity index (χ0) is 13.8. The molecule has 6 heteroatoms. The van der Waals surface area contributed by atoms with Gasteiger partial charge in [0.05, 0.1) is 17.2 Å². The normalized spacial score (nSPS) is 11.5. The van der Waals surface area contributed by atoms with Crippen LogP contribution in [0.15, 0.2) is 17.0 Å². The summed E-state index contributed by atoms with van der Waals surface area (Å²) in [5.74, 6) is 0.455. The van der Waals surface area contributed by atoms with Crippen molar-refractivity contribution in [2.45, 2.75) is 38.0 Å². The van der Waals surface area contributed by atoms with Gasteiger partial charge in [0.2, 0.25) is 0 Å². The monoisotopic (exact) mass is 273 g/mol. The third kappa shape index (κ3) is 3.36. The molecule has 0 unspecified atom stereocenters. The second-order valence-electron chi connectivity index (χ2n) is 3.97.